The summed E-state index contributed by atoms with van der Waals surface area (Å²) in [6.45, 7) is 5.02. The van der Waals surface area contributed by atoms with Crippen LogP contribution in [-0.2, 0) is 15.1 Å². The van der Waals surface area contributed by atoms with Crippen molar-refractivity contribution in [2.45, 2.75) is 38.8 Å². The highest BCUT2D eigenvalue weighted by Crippen LogP contribution is 2.34. The molecule has 1 atom stereocenters. The second-order valence-corrected chi connectivity index (χ2v) is 4.61. The van der Waals surface area contributed by atoms with Crippen molar-refractivity contribution in [2.75, 3.05) is 0 Å². The molecule has 0 aliphatic rings. The Morgan fingerprint density at radius 1 is 1.47 bits per heavy atom. The summed E-state index contributed by atoms with van der Waals surface area (Å²) in [5, 5.41) is 9.58. The molecule has 0 aliphatic carbocycles. The number of carboxylic acid groups (broad SMARTS) is 1. The van der Waals surface area contributed by atoms with Gasteiger partial charge < -0.3 is 10.0 Å². The maximum absolute atomic E-state index is 14.0. The van der Waals surface area contributed by atoms with E-state index in [2.05, 4.69) is 0 Å². The fourth-order valence-corrected chi connectivity index (χ4v) is 2.34. The summed E-state index contributed by atoms with van der Waals surface area (Å²) in [5.74, 6) is -1.86. The van der Waals surface area contributed by atoms with Crippen LogP contribution in [-0.4, -0.2) is 28.4 Å². The number of amides is 1. The zero-order valence-corrected chi connectivity index (χ0v) is 11.3. The van der Waals surface area contributed by atoms with Gasteiger partial charge >= 0.3 is 5.97 Å². The molecule has 0 aliphatic heterocycles. The van der Waals surface area contributed by atoms with Gasteiger partial charge in [0.25, 0.3) is 0 Å². The van der Waals surface area contributed by atoms with Gasteiger partial charge in [0.05, 0.1) is 0 Å². The zero-order valence-electron chi connectivity index (χ0n) is 11.3. The number of aliphatic carboxylic acids is 1. The van der Waals surface area contributed by atoms with Crippen molar-refractivity contribution in [2.24, 2.45) is 0 Å². The van der Waals surface area contributed by atoms with E-state index >= 15 is 0 Å². The van der Waals surface area contributed by atoms with Crippen LogP contribution >= 0.6 is 0 Å². The smallest absolute Gasteiger partial charge is 0.334 e. The zero-order chi connectivity index (χ0) is 14.6. The fraction of sp³-hybridized carbons (Fsp3) is 0.429. The molecule has 1 rings (SSSR count). The number of nitrogens with zero attached hydrogens (tertiary/aromatic N) is 1. The Bertz CT molecular complexity index is 476. The van der Waals surface area contributed by atoms with E-state index in [1.165, 1.54) is 18.2 Å². The van der Waals surface area contributed by atoms with Crippen molar-refractivity contribution in [1.82, 2.24) is 4.90 Å². The molecule has 1 N–H and O–H groups in total. The molecule has 0 radical (unpaired) electrons. The minimum Gasteiger partial charge on any atom is -0.479 e. The Morgan fingerprint density at radius 2 is 2.05 bits per heavy atom. The normalized spacial score (nSPS) is 13.9. The second kappa shape index (κ2) is 5.82. The molecular weight excluding hydrogens is 249 g/mol. The average molecular weight is 267 g/mol. The fourth-order valence-electron chi connectivity index (χ4n) is 2.34. The van der Waals surface area contributed by atoms with Gasteiger partial charge in [-0.2, -0.15) is 0 Å². The number of hydrogen-bond acceptors (Lipinski definition) is 2. The molecule has 0 bridgehead atoms. The molecule has 5 heteroatoms. The summed E-state index contributed by atoms with van der Waals surface area (Å²) in [6.07, 6.45) is 0.551. The van der Waals surface area contributed by atoms with Gasteiger partial charge in [-0.1, -0.05) is 25.1 Å². The first-order valence-electron chi connectivity index (χ1n) is 6.14. The largest absolute Gasteiger partial charge is 0.479 e. The van der Waals surface area contributed by atoms with E-state index in [0.717, 1.165) is 4.90 Å². The molecule has 1 amide bonds. The molecule has 1 aromatic carbocycles. The number of benzene rings is 1. The van der Waals surface area contributed by atoms with Crippen molar-refractivity contribution >= 4 is 12.4 Å². The van der Waals surface area contributed by atoms with E-state index in [1.54, 1.807) is 26.8 Å². The van der Waals surface area contributed by atoms with Gasteiger partial charge in [0.15, 0.2) is 5.54 Å². The molecule has 0 heterocycles. The molecule has 0 aromatic heterocycles. The lowest BCUT2D eigenvalue weighted by Gasteiger charge is -2.40. The number of halogens is 1. The first kappa shape index (κ1) is 15.1. The van der Waals surface area contributed by atoms with E-state index in [4.69, 9.17) is 0 Å². The lowest BCUT2D eigenvalue weighted by Crippen LogP contribution is -2.54. The van der Waals surface area contributed by atoms with E-state index in [0.29, 0.717) is 6.41 Å². The van der Waals surface area contributed by atoms with Crippen LogP contribution in [0.15, 0.2) is 24.3 Å². The van der Waals surface area contributed by atoms with E-state index in [-0.39, 0.29) is 18.0 Å². The lowest BCUT2D eigenvalue weighted by molar-refractivity contribution is -0.158. The van der Waals surface area contributed by atoms with Gasteiger partial charge in [-0.3, -0.25) is 4.79 Å². The Labute approximate surface area is 111 Å². The highest BCUT2D eigenvalue weighted by atomic mass is 19.1. The topological polar surface area (TPSA) is 57.6 Å². The molecule has 4 nitrogen and oxygen atoms in total. The monoisotopic (exact) mass is 267 g/mol. The molecule has 19 heavy (non-hydrogen) atoms. The number of rotatable bonds is 6. The van der Waals surface area contributed by atoms with Crippen LogP contribution in [0.25, 0.3) is 0 Å². The molecule has 1 unspecified atom stereocenters. The van der Waals surface area contributed by atoms with Crippen LogP contribution in [0.1, 0.15) is 32.8 Å². The Morgan fingerprint density at radius 3 is 2.42 bits per heavy atom. The predicted molar refractivity (Wildman–Crippen MR) is 69.0 cm³/mol. The van der Waals surface area contributed by atoms with Crippen molar-refractivity contribution in [3.63, 3.8) is 0 Å². The van der Waals surface area contributed by atoms with Crippen molar-refractivity contribution in [1.29, 1.82) is 0 Å². The third kappa shape index (κ3) is 2.45. The second-order valence-electron chi connectivity index (χ2n) is 4.61. The van der Waals surface area contributed by atoms with E-state index < -0.39 is 17.3 Å². The van der Waals surface area contributed by atoms with Gasteiger partial charge in [0, 0.05) is 11.6 Å². The number of carbonyl (C=O) groups excluding carboxylic acids is 1. The van der Waals surface area contributed by atoms with Crippen LogP contribution in [0, 0.1) is 5.82 Å². The Kier molecular flexibility index (Phi) is 4.64. The molecule has 104 valence electrons. The third-order valence-corrected chi connectivity index (χ3v) is 3.30. The summed E-state index contributed by atoms with van der Waals surface area (Å²) in [7, 11) is 0. The van der Waals surface area contributed by atoms with Gasteiger partial charge in [0.1, 0.15) is 5.82 Å². The first-order valence-corrected chi connectivity index (χ1v) is 6.14. The molecule has 1 aromatic rings. The van der Waals surface area contributed by atoms with Crippen LogP contribution < -0.4 is 0 Å². The van der Waals surface area contributed by atoms with Crippen molar-refractivity contribution in [3.05, 3.63) is 35.6 Å². The van der Waals surface area contributed by atoms with Crippen LogP contribution in [0.2, 0.25) is 0 Å². The standard InChI is InChI=1S/C14H18FNO3/c1-4-14(13(18)19,16(9-17)10(2)3)11-7-5-6-8-12(11)15/h5-10H,4H2,1-3H3,(H,18,19). The third-order valence-electron chi connectivity index (χ3n) is 3.30. The summed E-state index contributed by atoms with van der Waals surface area (Å²) >= 11 is 0. The highest BCUT2D eigenvalue weighted by molar-refractivity contribution is 5.83. The Hall–Kier alpha value is -1.91. The molecule has 0 saturated heterocycles. The van der Waals surface area contributed by atoms with E-state index in [9.17, 15) is 19.1 Å². The summed E-state index contributed by atoms with van der Waals surface area (Å²) < 4.78 is 14.0. The van der Waals surface area contributed by atoms with Gasteiger partial charge in [0.2, 0.25) is 6.41 Å². The van der Waals surface area contributed by atoms with Crippen LogP contribution in [0.5, 0.6) is 0 Å². The molecule has 0 saturated carbocycles. The van der Waals surface area contributed by atoms with Crippen molar-refractivity contribution in [3.8, 4) is 0 Å². The quantitative estimate of drug-likeness (QED) is 0.805. The van der Waals surface area contributed by atoms with Crippen LogP contribution in [0.4, 0.5) is 4.39 Å². The maximum atomic E-state index is 14.0. The number of carboxylic acids is 1. The van der Waals surface area contributed by atoms with Crippen LogP contribution in [0.3, 0.4) is 0 Å². The van der Waals surface area contributed by atoms with E-state index in [1.807, 2.05) is 0 Å². The average Bonchev–Trinajstić information content (AvgIpc) is 2.36. The summed E-state index contributed by atoms with van der Waals surface area (Å²) in [4.78, 5) is 24.2. The number of carbonyl (C=O) groups is 2. The number of hydrogen-bond donors (Lipinski definition) is 1. The first-order chi connectivity index (χ1) is 8.91. The maximum Gasteiger partial charge on any atom is 0.334 e. The minimum atomic E-state index is -1.68. The van der Waals surface area contributed by atoms with Gasteiger partial charge in [-0.25, -0.2) is 9.18 Å². The highest BCUT2D eigenvalue weighted by Gasteiger charge is 2.46. The van der Waals surface area contributed by atoms with Gasteiger partial charge in [-0.15, -0.1) is 0 Å². The van der Waals surface area contributed by atoms with Gasteiger partial charge in [-0.05, 0) is 26.3 Å². The summed E-state index contributed by atoms with van der Waals surface area (Å²) in [5.41, 5.74) is -1.67. The molecule has 0 spiro atoms. The minimum absolute atomic E-state index is 0.00537. The molecule has 0 fully saturated rings. The Balaban J connectivity index is 3.56. The predicted octanol–water partition coefficient (Wildman–Crippen LogP) is 2.38. The SMILES string of the molecule is CCC(C(=O)O)(c1ccccc1F)N(C=O)C(C)C. The molecular formula is C14H18FNO3. The van der Waals surface area contributed by atoms with Crippen molar-refractivity contribution < 1.29 is 19.1 Å². The lowest BCUT2D eigenvalue weighted by atomic mass is 9.84. The summed E-state index contributed by atoms with van der Waals surface area (Å²) in [6, 6.07) is 5.31.